The molecule has 0 aromatic heterocycles. The second-order valence-corrected chi connectivity index (χ2v) is 4.16. The zero-order chi connectivity index (χ0) is 10.7. The van der Waals surface area contributed by atoms with Gasteiger partial charge >= 0.3 is 0 Å². The Hall–Kier alpha value is -0.890. The van der Waals surface area contributed by atoms with Crippen LogP contribution in [0.5, 0.6) is 11.5 Å². The van der Waals surface area contributed by atoms with Crippen LogP contribution in [-0.4, -0.2) is 19.1 Å². The van der Waals surface area contributed by atoms with Gasteiger partial charge in [-0.05, 0) is 30.0 Å². The Labute approximate surface area is 95.1 Å². The fourth-order valence-corrected chi connectivity index (χ4v) is 2.02. The van der Waals surface area contributed by atoms with Crippen LogP contribution >= 0.6 is 11.6 Å². The van der Waals surface area contributed by atoms with Gasteiger partial charge in [-0.2, -0.15) is 0 Å². The molecule has 2 rings (SSSR count). The molecule has 0 aliphatic carbocycles. The summed E-state index contributed by atoms with van der Waals surface area (Å²) in [6.45, 7) is 3.46. The number of fused-ring (bicyclic) bond motifs is 1. The molecule has 0 saturated carbocycles. The minimum atomic E-state index is 0.471. The molecule has 0 fully saturated rings. The summed E-state index contributed by atoms with van der Waals surface area (Å²) >= 11 is 5.73. The van der Waals surface area contributed by atoms with Crippen molar-refractivity contribution < 1.29 is 9.47 Å². The van der Waals surface area contributed by atoms with Gasteiger partial charge in [-0.15, -0.1) is 11.6 Å². The summed E-state index contributed by atoms with van der Waals surface area (Å²) in [5, 5.41) is 0. The number of hydrogen-bond donors (Lipinski definition) is 0. The van der Waals surface area contributed by atoms with E-state index < -0.39 is 0 Å². The fourth-order valence-electron chi connectivity index (χ4n) is 1.70. The molecule has 1 aliphatic rings. The van der Waals surface area contributed by atoms with E-state index in [9.17, 15) is 0 Å². The summed E-state index contributed by atoms with van der Waals surface area (Å²) in [4.78, 5) is 0. The summed E-state index contributed by atoms with van der Waals surface area (Å²) in [5.41, 5.74) is 1.26. The molecule has 1 aromatic rings. The molecular weight excluding hydrogens is 212 g/mol. The van der Waals surface area contributed by atoms with Gasteiger partial charge in [0.25, 0.3) is 0 Å². The zero-order valence-electron chi connectivity index (χ0n) is 8.83. The SMILES string of the molecule is CC(CCCl)c1ccc2c(c1)OCCO2. The number of hydrogen-bond acceptors (Lipinski definition) is 2. The molecule has 0 radical (unpaired) electrons. The summed E-state index contributed by atoms with van der Waals surface area (Å²) in [6.07, 6.45) is 0.987. The summed E-state index contributed by atoms with van der Waals surface area (Å²) in [5.74, 6) is 2.87. The highest BCUT2D eigenvalue weighted by molar-refractivity contribution is 6.17. The molecule has 2 nitrogen and oxygen atoms in total. The molecule has 1 unspecified atom stereocenters. The molecule has 1 aliphatic heterocycles. The van der Waals surface area contributed by atoms with Gasteiger partial charge in [0.05, 0.1) is 0 Å². The van der Waals surface area contributed by atoms with Crippen LogP contribution in [0.25, 0.3) is 0 Å². The molecule has 0 spiro atoms. The van der Waals surface area contributed by atoms with Crippen molar-refractivity contribution in [3.8, 4) is 11.5 Å². The van der Waals surface area contributed by atoms with Crippen LogP contribution in [-0.2, 0) is 0 Å². The largest absolute Gasteiger partial charge is 0.486 e. The van der Waals surface area contributed by atoms with E-state index in [4.69, 9.17) is 21.1 Å². The van der Waals surface area contributed by atoms with Gasteiger partial charge in [0.15, 0.2) is 11.5 Å². The van der Waals surface area contributed by atoms with Crippen molar-refractivity contribution in [1.82, 2.24) is 0 Å². The number of benzene rings is 1. The van der Waals surface area contributed by atoms with Crippen LogP contribution < -0.4 is 9.47 Å². The molecule has 0 N–H and O–H groups in total. The van der Waals surface area contributed by atoms with Gasteiger partial charge in [0.2, 0.25) is 0 Å². The first-order valence-corrected chi connectivity index (χ1v) is 5.80. The predicted octanol–water partition coefficient (Wildman–Crippen LogP) is 3.19. The molecule has 15 heavy (non-hydrogen) atoms. The third-order valence-corrected chi connectivity index (χ3v) is 2.90. The summed E-state index contributed by atoms with van der Waals surface area (Å²) in [6, 6.07) is 6.13. The Morgan fingerprint density at radius 3 is 2.73 bits per heavy atom. The van der Waals surface area contributed by atoms with Crippen molar-refractivity contribution in [2.75, 3.05) is 19.1 Å². The third-order valence-electron chi connectivity index (χ3n) is 2.68. The fraction of sp³-hybridized carbons (Fsp3) is 0.500. The standard InChI is InChI=1S/C12H15ClO2/c1-9(4-5-13)10-2-3-11-12(8-10)15-7-6-14-11/h2-3,8-9H,4-7H2,1H3. The quantitative estimate of drug-likeness (QED) is 0.737. The van der Waals surface area contributed by atoms with Crippen molar-refractivity contribution in [2.24, 2.45) is 0 Å². The van der Waals surface area contributed by atoms with Crippen molar-refractivity contribution in [1.29, 1.82) is 0 Å². The van der Waals surface area contributed by atoms with Crippen molar-refractivity contribution in [3.63, 3.8) is 0 Å². The van der Waals surface area contributed by atoms with E-state index in [1.807, 2.05) is 6.07 Å². The third kappa shape index (κ3) is 2.37. The van der Waals surface area contributed by atoms with E-state index in [-0.39, 0.29) is 0 Å². The second kappa shape index (κ2) is 4.75. The van der Waals surface area contributed by atoms with Gasteiger partial charge in [0, 0.05) is 5.88 Å². The first-order chi connectivity index (χ1) is 7.31. The molecular formula is C12H15ClO2. The van der Waals surface area contributed by atoms with Gasteiger partial charge in [0.1, 0.15) is 13.2 Å². The normalized spacial score (nSPS) is 16.1. The highest BCUT2D eigenvalue weighted by Crippen LogP contribution is 2.33. The topological polar surface area (TPSA) is 18.5 Å². The lowest BCUT2D eigenvalue weighted by molar-refractivity contribution is 0.171. The summed E-state index contributed by atoms with van der Waals surface area (Å²) in [7, 11) is 0. The first-order valence-electron chi connectivity index (χ1n) is 5.27. The molecule has 1 aromatic carbocycles. The van der Waals surface area contributed by atoms with Gasteiger partial charge in [-0.3, -0.25) is 0 Å². The lowest BCUT2D eigenvalue weighted by Gasteiger charge is -2.20. The summed E-state index contributed by atoms with van der Waals surface area (Å²) < 4.78 is 11.0. The van der Waals surface area contributed by atoms with E-state index in [1.165, 1.54) is 5.56 Å². The number of rotatable bonds is 3. The molecule has 1 atom stereocenters. The van der Waals surface area contributed by atoms with Crippen LogP contribution in [0.2, 0.25) is 0 Å². The minimum Gasteiger partial charge on any atom is -0.486 e. The lowest BCUT2D eigenvalue weighted by atomic mass is 9.98. The molecule has 0 bridgehead atoms. The molecule has 0 saturated heterocycles. The van der Waals surface area contributed by atoms with Crippen LogP contribution in [0, 0.1) is 0 Å². The van der Waals surface area contributed by atoms with E-state index in [0.717, 1.165) is 17.9 Å². The monoisotopic (exact) mass is 226 g/mol. The molecule has 3 heteroatoms. The highest BCUT2D eigenvalue weighted by Gasteiger charge is 2.13. The Morgan fingerprint density at radius 2 is 2.00 bits per heavy atom. The van der Waals surface area contributed by atoms with E-state index in [0.29, 0.717) is 25.0 Å². The van der Waals surface area contributed by atoms with Gasteiger partial charge < -0.3 is 9.47 Å². The molecule has 82 valence electrons. The Morgan fingerprint density at radius 1 is 1.27 bits per heavy atom. The zero-order valence-corrected chi connectivity index (χ0v) is 9.59. The Balaban J connectivity index is 2.20. The lowest BCUT2D eigenvalue weighted by Crippen LogP contribution is -2.15. The smallest absolute Gasteiger partial charge is 0.161 e. The van der Waals surface area contributed by atoms with Gasteiger partial charge in [-0.1, -0.05) is 13.0 Å². The predicted molar refractivity (Wildman–Crippen MR) is 61.2 cm³/mol. The first kappa shape index (κ1) is 10.6. The van der Waals surface area contributed by atoms with Crippen molar-refractivity contribution in [3.05, 3.63) is 23.8 Å². The maximum Gasteiger partial charge on any atom is 0.161 e. The van der Waals surface area contributed by atoms with Crippen LogP contribution in [0.4, 0.5) is 0 Å². The number of alkyl halides is 1. The average molecular weight is 227 g/mol. The Bertz CT molecular complexity index is 338. The van der Waals surface area contributed by atoms with Crippen LogP contribution in [0.3, 0.4) is 0 Å². The molecule has 1 heterocycles. The number of ether oxygens (including phenoxy) is 2. The molecule has 0 amide bonds. The van der Waals surface area contributed by atoms with E-state index >= 15 is 0 Å². The highest BCUT2D eigenvalue weighted by atomic mass is 35.5. The maximum absolute atomic E-state index is 5.73. The Kier molecular flexibility index (Phi) is 3.37. The van der Waals surface area contributed by atoms with E-state index in [2.05, 4.69) is 19.1 Å². The maximum atomic E-state index is 5.73. The van der Waals surface area contributed by atoms with Crippen LogP contribution in [0.1, 0.15) is 24.8 Å². The number of halogens is 1. The van der Waals surface area contributed by atoms with Crippen molar-refractivity contribution in [2.45, 2.75) is 19.3 Å². The minimum absolute atomic E-state index is 0.471. The van der Waals surface area contributed by atoms with Crippen LogP contribution in [0.15, 0.2) is 18.2 Å². The second-order valence-electron chi connectivity index (χ2n) is 3.78. The van der Waals surface area contributed by atoms with E-state index in [1.54, 1.807) is 0 Å². The van der Waals surface area contributed by atoms with Gasteiger partial charge in [-0.25, -0.2) is 0 Å². The average Bonchev–Trinajstić information content (AvgIpc) is 2.29. The van der Waals surface area contributed by atoms with Crippen molar-refractivity contribution >= 4 is 11.6 Å².